The zero-order valence-corrected chi connectivity index (χ0v) is 11.3. The predicted molar refractivity (Wildman–Crippen MR) is 47.0 cm³/mol. The zero-order chi connectivity index (χ0) is 9.68. The van der Waals surface area contributed by atoms with Gasteiger partial charge in [0, 0.05) is 0 Å². The van der Waals surface area contributed by atoms with Crippen LogP contribution in [0.5, 0.6) is 5.75 Å². The number of carboxylic acids is 1. The van der Waals surface area contributed by atoms with Gasteiger partial charge in [0.1, 0.15) is 5.75 Å². The van der Waals surface area contributed by atoms with Gasteiger partial charge in [-0.05, 0) is 23.8 Å². The van der Waals surface area contributed by atoms with Gasteiger partial charge in [0.05, 0.1) is 13.1 Å². The van der Waals surface area contributed by atoms with E-state index in [-0.39, 0.29) is 51.4 Å². The Labute approximate surface area is 125 Å². The maximum Gasteiger partial charge on any atom is 1.00 e. The van der Waals surface area contributed by atoms with E-state index in [1.807, 2.05) is 0 Å². The van der Waals surface area contributed by atoms with Crippen molar-refractivity contribution in [3.05, 3.63) is 35.9 Å². The van der Waals surface area contributed by atoms with Crippen LogP contribution in [0.3, 0.4) is 0 Å². The van der Waals surface area contributed by atoms with Gasteiger partial charge in [-0.25, -0.2) is 0 Å². The summed E-state index contributed by atoms with van der Waals surface area (Å²) in [5.74, 6) is -0.511. The molecule has 14 heavy (non-hydrogen) atoms. The third-order valence-corrected chi connectivity index (χ3v) is 1.51. The van der Waals surface area contributed by atoms with Crippen LogP contribution in [0.4, 0.5) is 0 Å². The molecule has 0 saturated carbocycles. The second kappa shape index (κ2) is 7.20. The molecule has 1 aromatic rings. The van der Waals surface area contributed by atoms with Gasteiger partial charge in [0.25, 0.3) is 0 Å². The van der Waals surface area contributed by atoms with Crippen molar-refractivity contribution in [3.63, 3.8) is 0 Å². The summed E-state index contributed by atoms with van der Waals surface area (Å²) in [6, 6.07) is 7.09. The van der Waals surface area contributed by atoms with E-state index in [9.17, 15) is 9.90 Å². The molecule has 0 saturated heterocycles. The van der Waals surface area contributed by atoms with Crippen molar-refractivity contribution in [1.82, 2.24) is 0 Å². The Bertz CT molecular complexity index is 334. The van der Waals surface area contributed by atoms with E-state index in [0.717, 1.165) is 11.6 Å². The van der Waals surface area contributed by atoms with Gasteiger partial charge in [-0.3, -0.25) is 0 Å². The van der Waals surface area contributed by atoms with Crippen LogP contribution in [0.25, 0.3) is 6.08 Å². The van der Waals surface area contributed by atoms with Gasteiger partial charge in [0.15, 0.2) is 0 Å². The summed E-state index contributed by atoms with van der Waals surface area (Å²) in [6.07, 6.45) is 2.44. The first-order valence-electron chi connectivity index (χ1n) is 3.75. The number of hydrogen-bond donors (Lipinski definition) is 0. The van der Waals surface area contributed by atoms with E-state index in [1.54, 1.807) is 31.4 Å². The summed E-state index contributed by atoms with van der Waals surface area (Å²) in [6.45, 7) is 0. The van der Waals surface area contributed by atoms with E-state index in [0.29, 0.717) is 5.75 Å². The molecular formula is C10H9KO3. The fraction of sp³-hybridized carbons (Fsp3) is 0.100. The number of benzene rings is 1. The molecule has 0 atom stereocenters. The van der Waals surface area contributed by atoms with Gasteiger partial charge in [-0.15, -0.1) is 0 Å². The fourth-order valence-electron chi connectivity index (χ4n) is 0.909. The van der Waals surface area contributed by atoms with Crippen molar-refractivity contribution in [2.45, 2.75) is 0 Å². The topological polar surface area (TPSA) is 49.4 Å². The Morgan fingerprint density at radius 3 is 2.79 bits per heavy atom. The molecule has 0 aliphatic heterocycles. The maximum atomic E-state index is 10.1. The molecule has 0 heterocycles. The summed E-state index contributed by atoms with van der Waals surface area (Å²) < 4.78 is 4.96. The van der Waals surface area contributed by atoms with E-state index in [4.69, 9.17) is 4.74 Å². The second-order valence-corrected chi connectivity index (χ2v) is 2.43. The van der Waals surface area contributed by atoms with Crippen LogP contribution in [0.2, 0.25) is 0 Å². The van der Waals surface area contributed by atoms with Crippen molar-refractivity contribution in [3.8, 4) is 5.75 Å². The van der Waals surface area contributed by atoms with E-state index in [1.165, 1.54) is 6.08 Å². The molecule has 0 fully saturated rings. The molecule has 0 bridgehead atoms. The van der Waals surface area contributed by atoms with E-state index < -0.39 is 5.97 Å². The van der Waals surface area contributed by atoms with Crippen LogP contribution in [-0.4, -0.2) is 13.1 Å². The molecule has 0 aromatic heterocycles. The molecule has 4 heteroatoms. The standard InChI is InChI=1S/C10H10O3.K/c1-13-9-4-2-3-8(7-9)5-6-10(11)12;/h2-7H,1H3,(H,11,12);/q;+1/p-1/b6-5+;. The quantitative estimate of drug-likeness (QED) is 0.413. The first-order valence-corrected chi connectivity index (χ1v) is 3.75. The number of carbonyl (C=O) groups is 1. The first kappa shape index (κ1) is 13.9. The number of ether oxygens (including phenoxy) is 1. The van der Waals surface area contributed by atoms with Gasteiger partial charge >= 0.3 is 51.4 Å². The van der Waals surface area contributed by atoms with Gasteiger partial charge < -0.3 is 14.6 Å². The summed E-state index contributed by atoms with van der Waals surface area (Å²) in [5.41, 5.74) is 0.767. The maximum absolute atomic E-state index is 10.1. The van der Waals surface area contributed by atoms with Crippen molar-refractivity contribution < 1.29 is 66.0 Å². The van der Waals surface area contributed by atoms with Crippen LogP contribution in [0.1, 0.15) is 5.56 Å². The number of carboxylic acid groups (broad SMARTS) is 1. The minimum Gasteiger partial charge on any atom is -0.545 e. The third-order valence-electron chi connectivity index (χ3n) is 1.51. The van der Waals surface area contributed by atoms with Crippen LogP contribution in [-0.2, 0) is 4.79 Å². The van der Waals surface area contributed by atoms with Crippen molar-refractivity contribution >= 4 is 12.0 Å². The molecule has 0 amide bonds. The molecule has 0 aliphatic carbocycles. The molecule has 1 rings (SSSR count). The number of rotatable bonds is 3. The molecule has 0 N–H and O–H groups in total. The Balaban J connectivity index is 0.00000169. The van der Waals surface area contributed by atoms with E-state index in [2.05, 4.69) is 0 Å². The van der Waals surface area contributed by atoms with Gasteiger partial charge in [0.2, 0.25) is 0 Å². The number of carbonyl (C=O) groups excluding carboxylic acids is 1. The molecule has 0 radical (unpaired) electrons. The Kier molecular flexibility index (Phi) is 7.13. The Hall–Kier alpha value is -0.134. The third kappa shape index (κ3) is 4.93. The van der Waals surface area contributed by atoms with Gasteiger partial charge in [-0.2, -0.15) is 0 Å². The minimum atomic E-state index is -1.21. The van der Waals surface area contributed by atoms with Gasteiger partial charge in [-0.1, -0.05) is 18.2 Å². The smallest absolute Gasteiger partial charge is 0.545 e. The molecule has 68 valence electrons. The molecule has 1 aromatic carbocycles. The summed E-state index contributed by atoms with van der Waals surface area (Å²) >= 11 is 0. The summed E-state index contributed by atoms with van der Waals surface area (Å²) in [4.78, 5) is 10.1. The second-order valence-electron chi connectivity index (χ2n) is 2.43. The molecular weight excluding hydrogens is 207 g/mol. The summed E-state index contributed by atoms with van der Waals surface area (Å²) in [5, 5.41) is 10.1. The fourth-order valence-corrected chi connectivity index (χ4v) is 0.909. The predicted octanol–water partition coefficient (Wildman–Crippen LogP) is -2.54. The first-order chi connectivity index (χ1) is 6.22. The molecule has 0 spiro atoms. The van der Waals surface area contributed by atoms with Crippen LogP contribution in [0.15, 0.2) is 30.3 Å². The van der Waals surface area contributed by atoms with Crippen LogP contribution in [0, 0.1) is 0 Å². The number of methoxy groups -OCH3 is 1. The molecule has 0 aliphatic rings. The number of hydrogen-bond acceptors (Lipinski definition) is 3. The average molecular weight is 216 g/mol. The monoisotopic (exact) mass is 216 g/mol. The minimum absolute atomic E-state index is 0. The Morgan fingerprint density at radius 2 is 2.21 bits per heavy atom. The normalized spacial score (nSPS) is 9.50. The van der Waals surface area contributed by atoms with Crippen molar-refractivity contribution in [1.29, 1.82) is 0 Å². The molecule has 3 nitrogen and oxygen atoms in total. The van der Waals surface area contributed by atoms with Crippen LogP contribution >= 0.6 is 0 Å². The van der Waals surface area contributed by atoms with Crippen molar-refractivity contribution in [2.75, 3.05) is 7.11 Å². The Morgan fingerprint density at radius 1 is 1.50 bits per heavy atom. The van der Waals surface area contributed by atoms with Crippen molar-refractivity contribution in [2.24, 2.45) is 0 Å². The van der Waals surface area contributed by atoms with Crippen LogP contribution < -0.4 is 61.2 Å². The zero-order valence-electron chi connectivity index (χ0n) is 8.19. The molecule has 0 unspecified atom stereocenters. The number of aliphatic carboxylic acids is 1. The largest absolute Gasteiger partial charge is 1.00 e. The van der Waals surface area contributed by atoms with E-state index >= 15 is 0 Å². The average Bonchev–Trinajstić information content (AvgIpc) is 2.15. The summed E-state index contributed by atoms with van der Waals surface area (Å²) in [7, 11) is 1.56. The SMILES string of the molecule is COc1cccc(/C=C/C(=O)[O-])c1.[K+].